The molecule has 94 valence electrons. The fourth-order valence-electron chi connectivity index (χ4n) is 2.46. The van der Waals surface area contributed by atoms with E-state index in [1.54, 1.807) is 0 Å². The zero-order valence-corrected chi connectivity index (χ0v) is 11.1. The van der Waals surface area contributed by atoms with Crippen LogP contribution in [0.4, 0.5) is 0 Å². The highest BCUT2D eigenvalue weighted by atomic mass is 16.2. The van der Waals surface area contributed by atoms with E-state index >= 15 is 0 Å². The fourth-order valence-corrected chi connectivity index (χ4v) is 2.46. The van der Waals surface area contributed by atoms with Crippen LogP contribution in [0.25, 0.3) is 0 Å². The molecule has 0 aromatic rings. The minimum atomic E-state index is -0.253. The van der Waals surface area contributed by atoms with Gasteiger partial charge >= 0.3 is 0 Å². The Labute approximate surface area is 99.2 Å². The van der Waals surface area contributed by atoms with Gasteiger partial charge in [-0.2, -0.15) is 0 Å². The van der Waals surface area contributed by atoms with Gasteiger partial charge in [-0.3, -0.25) is 4.79 Å². The van der Waals surface area contributed by atoms with Gasteiger partial charge in [0, 0.05) is 13.1 Å². The van der Waals surface area contributed by atoms with Crippen LogP contribution in [0.1, 0.15) is 47.0 Å². The number of nitrogens with one attached hydrogen (secondary N) is 1. The first-order valence-electron chi connectivity index (χ1n) is 6.27. The number of hydrogen-bond acceptors (Lipinski definition) is 2. The van der Waals surface area contributed by atoms with E-state index in [9.17, 15) is 4.79 Å². The normalized spacial score (nSPS) is 29.7. The summed E-state index contributed by atoms with van der Waals surface area (Å²) < 4.78 is 0. The maximum Gasteiger partial charge on any atom is 0.227 e. The molecule has 1 fully saturated rings. The minimum Gasteiger partial charge on any atom is -0.356 e. The molecule has 0 radical (unpaired) electrons. The zero-order chi connectivity index (χ0) is 12.4. The molecule has 3 N–H and O–H groups in total. The summed E-state index contributed by atoms with van der Waals surface area (Å²) in [4.78, 5) is 12.0. The molecule has 1 amide bonds. The van der Waals surface area contributed by atoms with Crippen LogP contribution >= 0.6 is 0 Å². The summed E-state index contributed by atoms with van der Waals surface area (Å²) in [5.41, 5.74) is 5.75. The van der Waals surface area contributed by atoms with Gasteiger partial charge < -0.3 is 11.1 Å². The van der Waals surface area contributed by atoms with Gasteiger partial charge in [0.25, 0.3) is 0 Å². The lowest BCUT2D eigenvalue weighted by Crippen LogP contribution is -2.53. The van der Waals surface area contributed by atoms with Gasteiger partial charge in [0.15, 0.2) is 0 Å². The molecule has 0 atom stereocenters. The molecule has 0 aromatic heterocycles. The van der Waals surface area contributed by atoms with E-state index in [4.69, 9.17) is 5.73 Å². The Bertz CT molecular complexity index is 249. The van der Waals surface area contributed by atoms with Crippen LogP contribution in [0.5, 0.6) is 0 Å². The summed E-state index contributed by atoms with van der Waals surface area (Å²) in [7, 11) is 0. The number of amides is 1. The van der Waals surface area contributed by atoms with Crippen molar-refractivity contribution in [2.75, 3.05) is 13.1 Å². The largest absolute Gasteiger partial charge is 0.356 e. The molecule has 3 heteroatoms. The van der Waals surface area contributed by atoms with Crippen LogP contribution in [-0.4, -0.2) is 19.0 Å². The first-order chi connectivity index (χ1) is 7.29. The van der Waals surface area contributed by atoms with E-state index in [1.165, 1.54) is 0 Å². The Morgan fingerprint density at radius 1 is 1.44 bits per heavy atom. The standard InChI is InChI=1S/C13H26N2O/c1-10-7-13(8-10,9-14)11(16)15-6-5-12(2,3)4/h10H,5-9,14H2,1-4H3,(H,15,16). The number of rotatable bonds is 4. The van der Waals surface area contributed by atoms with Crippen molar-refractivity contribution >= 4 is 5.91 Å². The smallest absolute Gasteiger partial charge is 0.227 e. The SMILES string of the molecule is CC1CC(CN)(C(=O)NCCC(C)(C)C)C1. The van der Waals surface area contributed by atoms with Crippen molar-refractivity contribution in [3.05, 3.63) is 0 Å². The van der Waals surface area contributed by atoms with Crippen LogP contribution < -0.4 is 11.1 Å². The van der Waals surface area contributed by atoms with Gasteiger partial charge in [-0.05, 0) is 30.6 Å². The van der Waals surface area contributed by atoms with Crippen molar-refractivity contribution in [3.8, 4) is 0 Å². The van der Waals surface area contributed by atoms with Crippen molar-refractivity contribution in [2.45, 2.75) is 47.0 Å². The molecule has 0 heterocycles. The third kappa shape index (κ3) is 3.21. The highest BCUT2D eigenvalue weighted by Crippen LogP contribution is 2.44. The molecule has 0 unspecified atom stereocenters. The number of hydrogen-bond donors (Lipinski definition) is 2. The lowest BCUT2D eigenvalue weighted by atomic mass is 9.62. The Kier molecular flexibility index (Phi) is 4.00. The van der Waals surface area contributed by atoms with Gasteiger partial charge in [0.1, 0.15) is 0 Å². The van der Waals surface area contributed by atoms with Crippen molar-refractivity contribution in [2.24, 2.45) is 22.5 Å². The van der Waals surface area contributed by atoms with E-state index in [1.807, 2.05) is 0 Å². The molecule has 3 nitrogen and oxygen atoms in total. The maximum atomic E-state index is 12.0. The molecular formula is C13H26N2O. The summed E-state index contributed by atoms with van der Waals surface area (Å²) in [5, 5.41) is 3.03. The third-order valence-corrected chi connectivity index (χ3v) is 3.51. The lowest BCUT2D eigenvalue weighted by Gasteiger charge is -2.44. The predicted octanol–water partition coefficient (Wildman–Crippen LogP) is 1.91. The summed E-state index contributed by atoms with van der Waals surface area (Å²) >= 11 is 0. The molecule has 0 aliphatic heterocycles. The molecule has 0 bridgehead atoms. The van der Waals surface area contributed by atoms with Crippen LogP contribution in [0.2, 0.25) is 0 Å². The molecular weight excluding hydrogens is 200 g/mol. The van der Waals surface area contributed by atoms with E-state index in [0.29, 0.717) is 12.5 Å². The average molecular weight is 226 g/mol. The molecule has 1 aliphatic carbocycles. The summed E-state index contributed by atoms with van der Waals surface area (Å²) in [6.07, 6.45) is 2.91. The van der Waals surface area contributed by atoms with Crippen molar-refractivity contribution in [1.82, 2.24) is 5.32 Å². The predicted molar refractivity (Wildman–Crippen MR) is 67.0 cm³/mol. The highest BCUT2D eigenvalue weighted by Gasteiger charge is 2.46. The van der Waals surface area contributed by atoms with E-state index in [0.717, 1.165) is 25.8 Å². The summed E-state index contributed by atoms with van der Waals surface area (Å²) in [6.45, 7) is 9.98. The molecule has 0 spiro atoms. The minimum absolute atomic E-state index is 0.164. The van der Waals surface area contributed by atoms with Gasteiger partial charge in [0.05, 0.1) is 5.41 Å². The second-order valence-corrected chi connectivity index (χ2v) is 6.56. The van der Waals surface area contributed by atoms with Crippen LogP contribution in [0.3, 0.4) is 0 Å². The molecule has 0 aromatic carbocycles. The van der Waals surface area contributed by atoms with E-state index in [2.05, 4.69) is 33.0 Å². The molecule has 1 saturated carbocycles. The second kappa shape index (κ2) is 4.74. The first kappa shape index (κ1) is 13.5. The first-order valence-corrected chi connectivity index (χ1v) is 6.27. The maximum absolute atomic E-state index is 12.0. The molecule has 1 rings (SSSR count). The Morgan fingerprint density at radius 2 is 2.00 bits per heavy atom. The lowest BCUT2D eigenvalue weighted by molar-refractivity contribution is -0.138. The number of nitrogens with two attached hydrogens (primary N) is 1. The van der Waals surface area contributed by atoms with Crippen LogP contribution in [-0.2, 0) is 4.79 Å². The Morgan fingerprint density at radius 3 is 2.38 bits per heavy atom. The summed E-state index contributed by atoms with van der Waals surface area (Å²) in [5.74, 6) is 0.814. The number of carbonyl (C=O) groups is 1. The van der Waals surface area contributed by atoms with Crippen LogP contribution in [0, 0.1) is 16.7 Å². The topological polar surface area (TPSA) is 55.1 Å². The quantitative estimate of drug-likeness (QED) is 0.769. The van der Waals surface area contributed by atoms with Gasteiger partial charge in [-0.1, -0.05) is 27.7 Å². The molecule has 16 heavy (non-hydrogen) atoms. The van der Waals surface area contributed by atoms with E-state index < -0.39 is 0 Å². The average Bonchev–Trinajstić information content (AvgIpc) is 2.10. The monoisotopic (exact) mass is 226 g/mol. The Balaban J connectivity index is 2.35. The molecule has 0 saturated heterocycles. The molecule has 1 aliphatic rings. The fraction of sp³-hybridized carbons (Fsp3) is 0.923. The van der Waals surface area contributed by atoms with Crippen LogP contribution in [0.15, 0.2) is 0 Å². The Hall–Kier alpha value is -0.570. The summed E-state index contributed by atoms with van der Waals surface area (Å²) in [6, 6.07) is 0. The van der Waals surface area contributed by atoms with E-state index in [-0.39, 0.29) is 16.7 Å². The van der Waals surface area contributed by atoms with Crippen molar-refractivity contribution in [1.29, 1.82) is 0 Å². The van der Waals surface area contributed by atoms with Gasteiger partial charge in [-0.25, -0.2) is 0 Å². The zero-order valence-electron chi connectivity index (χ0n) is 11.1. The van der Waals surface area contributed by atoms with Gasteiger partial charge in [-0.15, -0.1) is 0 Å². The highest BCUT2D eigenvalue weighted by molar-refractivity contribution is 5.83. The van der Waals surface area contributed by atoms with Crippen molar-refractivity contribution < 1.29 is 4.79 Å². The number of carbonyl (C=O) groups excluding carboxylic acids is 1. The second-order valence-electron chi connectivity index (χ2n) is 6.56. The third-order valence-electron chi connectivity index (χ3n) is 3.51. The van der Waals surface area contributed by atoms with Gasteiger partial charge in [0.2, 0.25) is 5.91 Å². The van der Waals surface area contributed by atoms with Crippen molar-refractivity contribution in [3.63, 3.8) is 0 Å².